The average molecular weight is 1440 g/mol. The van der Waals surface area contributed by atoms with E-state index in [0.717, 1.165) is 22.3 Å². The molecular weight excluding hydrogens is 1320 g/mol. The van der Waals surface area contributed by atoms with Crippen LogP contribution in [-0.2, 0) is 60.7 Å². The highest BCUT2D eigenvalue weighted by Crippen LogP contribution is 2.15. The standard InChI is InChI=1S/6C7H8O3S.2C7H8.2C2H6.10CH4/c2*1-6-2-4-7(5-3-6)11(8,9)10;2*1-6-3-2-4-7(5-6)11(8,9)10;2*1-6-4-2-3-5-7(6)11(8,9)10;2*1-7-5-3-2-4-6-7;2*1-2;;;;;;;;;;/h6*2-5H,1H3,(H,8,9,10);2*2-6H,1H3;2*1-2H3;10*1H4/p-3. The summed E-state index contributed by atoms with van der Waals surface area (Å²) in [5, 5.41) is 0. The second-order valence-electron chi connectivity index (χ2n) is 16.9. The van der Waals surface area contributed by atoms with Crippen LogP contribution in [0.4, 0.5) is 0 Å². The Labute approximate surface area is 572 Å². The molecule has 0 saturated heterocycles. The van der Waals surface area contributed by atoms with Gasteiger partial charge in [0.2, 0.25) is 0 Å². The van der Waals surface area contributed by atoms with Crippen LogP contribution < -0.4 is 0 Å². The molecule has 0 bridgehead atoms. The van der Waals surface area contributed by atoms with E-state index in [2.05, 4.69) is 38.1 Å². The van der Waals surface area contributed by atoms with Crippen molar-refractivity contribution < 1.29 is 77.8 Å². The van der Waals surface area contributed by atoms with Crippen molar-refractivity contribution >= 4 is 60.7 Å². The number of benzene rings is 8. The largest absolute Gasteiger partial charge is 0.744 e. The van der Waals surface area contributed by atoms with E-state index < -0.39 is 60.7 Å². The molecule has 0 atom stereocenters. The molecule has 540 valence electrons. The maximum atomic E-state index is 10.6. The zero-order valence-electron chi connectivity index (χ0n) is 48.5. The Morgan fingerprint density at radius 1 is 0.234 bits per heavy atom. The van der Waals surface area contributed by atoms with E-state index in [9.17, 15) is 64.2 Å². The molecule has 8 rings (SSSR count). The van der Waals surface area contributed by atoms with Crippen LogP contribution >= 0.6 is 0 Å². The second-order valence-corrected chi connectivity index (χ2v) is 25.2. The lowest BCUT2D eigenvalue weighted by molar-refractivity contribution is 0.460. The van der Waals surface area contributed by atoms with Crippen LogP contribution in [0.5, 0.6) is 0 Å². The van der Waals surface area contributed by atoms with Gasteiger partial charge < -0.3 is 13.7 Å². The predicted molar refractivity (Wildman–Crippen MR) is 393 cm³/mol. The summed E-state index contributed by atoms with van der Waals surface area (Å²) in [6, 6.07) is 56.7. The first-order valence-corrected chi connectivity index (χ1v) is 33.6. The Balaban J connectivity index is -0.0000000802. The van der Waals surface area contributed by atoms with Crippen molar-refractivity contribution in [2.75, 3.05) is 0 Å². The first kappa shape index (κ1) is 115. The third-order valence-corrected chi connectivity index (χ3v) is 15.2. The fraction of sp³-hybridized carbons (Fsp3) is 0.314. The lowest BCUT2D eigenvalue weighted by atomic mass is 10.2. The molecule has 3 N–H and O–H groups in total. The van der Waals surface area contributed by atoms with Crippen LogP contribution in [-0.4, -0.2) is 77.8 Å². The van der Waals surface area contributed by atoms with Crippen LogP contribution in [0.1, 0.15) is 146 Å². The molecule has 0 aliphatic heterocycles. The first-order chi connectivity index (χ1) is 38.8. The van der Waals surface area contributed by atoms with Gasteiger partial charge in [-0.2, -0.15) is 25.3 Å². The van der Waals surface area contributed by atoms with Gasteiger partial charge in [0.15, 0.2) is 0 Å². The van der Waals surface area contributed by atoms with Crippen LogP contribution in [0.15, 0.2) is 236 Å². The zero-order valence-corrected chi connectivity index (χ0v) is 53.4. The minimum absolute atomic E-state index is 0. The molecular formula is C70H113O18S6-3. The highest BCUT2D eigenvalue weighted by atomic mass is 32.2. The zero-order chi connectivity index (χ0) is 65.1. The summed E-state index contributed by atoms with van der Waals surface area (Å²) >= 11 is 0. The Hall–Kier alpha value is -6.78. The molecule has 0 spiro atoms. The molecule has 8 aromatic carbocycles. The van der Waals surface area contributed by atoms with Crippen molar-refractivity contribution in [3.8, 4) is 0 Å². The molecule has 0 unspecified atom stereocenters. The van der Waals surface area contributed by atoms with Crippen LogP contribution in [0.2, 0.25) is 0 Å². The van der Waals surface area contributed by atoms with Gasteiger partial charge >= 0.3 is 0 Å². The van der Waals surface area contributed by atoms with E-state index in [1.54, 1.807) is 107 Å². The molecule has 0 saturated carbocycles. The Morgan fingerprint density at radius 3 is 0.681 bits per heavy atom. The van der Waals surface area contributed by atoms with Crippen LogP contribution in [0, 0.1) is 55.4 Å². The van der Waals surface area contributed by atoms with Crippen molar-refractivity contribution in [2.45, 2.75) is 187 Å². The number of hydrogen-bond acceptors (Lipinski definition) is 15. The van der Waals surface area contributed by atoms with Gasteiger partial charge in [-0.25, -0.2) is 25.3 Å². The Bertz CT molecular complexity index is 3630. The summed E-state index contributed by atoms with van der Waals surface area (Å²) in [6.07, 6.45) is 0. The second kappa shape index (κ2) is 56.6. The number of rotatable bonds is 6. The Kier molecular flexibility index (Phi) is 68.9. The minimum atomic E-state index is -4.28. The molecule has 0 amide bonds. The van der Waals surface area contributed by atoms with Gasteiger partial charge in [0.1, 0.15) is 30.4 Å². The van der Waals surface area contributed by atoms with E-state index in [4.69, 9.17) is 13.7 Å². The monoisotopic (exact) mass is 1430 g/mol. The predicted octanol–water partition coefficient (Wildman–Crippen LogP) is 18.8. The van der Waals surface area contributed by atoms with E-state index >= 15 is 0 Å². The van der Waals surface area contributed by atoms with Gasteiger partial charge in [0.25, 0.3) is 30.4 Å². The van der Waals surface area contributed by atoms with Crippen LogP contribution in [0.25, 0.3) is 0 Å². The first-order valence-electron chi connectivity index (χ1n) is 25.0. The molecule has 0 aromatic heterocycles. The minimum Gasteiger partial charge on any atom is -0.744 e. The normalized spacial score (nSPS) is 9.47. The van der Waals surface area contributed by atoms with Gasteiger partial charge in [0, 0.05) is 0 Å². The molecule has 18 nitrogen and oxygen atoms in total. The quantitative estimate of drug-likeness (QED) is 0.130. The molecule has 0 aliphatic rings. The van der Waals surface area contributed by atoms with Crippen LogP contribution in [0.3, 0.4) is 0 Å². The van der Waals surface area contributed by atoms with Crippen molar-refractivity contribution in [2.24, 2.45) is 0 Å². The van der Waals surface area contributed by atoms with Crippen molar-refractivity contribution in [3.63, 3.8) is 0 Å². The van der Waals surface area contributed by atoms with Gasteiger partial charge in [-0.15, -0.1) is 0 Å². The summed E-state index contributed by atoms with van der Waals surface area (Å²) < 4.78 is 183. The van der Waals surface area contributed by atoms with E-state index in [-0.39, 0.29) is 104 Å². The van der Waals surface area contributed by atoms with Gasteiger partial charge in [-0.05, 0) is 138 Å². The fourth-order valence-corrected chi connectivity index (χ4v) is 9.26. The highest BCUT2D eigenvalue weighted by molar-refractivity contribution is 7.87. The smallest absolute Gasteiger partial charge is 0.294 e. The highest BCUT2D eigenvalue weighted by Gasteiger charge is 2.11. The third-order valence-electron chi connectivity index (χ3n) is 9.81. The summed E-state index contributed by atoms with van der Waals surface area (Å²) in [7, 11) is -24.9. The van der Waals surface area contributed by atoms with Crippen molar-refractivity contribution in [1.29, 1.82) is 0 Å². The lowest BCUT2D eigenvalue weighted by Crippen LogP contribution is -2.00. The Morgan fingerprint density at radius 2 is 0.479 bits per heavy atom. The third kappa shape index (κ3) is 52.6. The average Bonchev–Trinajstić information content (AvgIpc) is 0.972. The van der Waals surface area contributed by atoms with Gasteiger partial charge in [-0.3, -0.25) is 13.7 Å². The number of aryl methyl sites for hydroxylation is 8. The van der Waals surface area contributed by atoms with E-state index in [1.165, 1.54) is 77.9 Å². The summed E-state index contributed by atoms with van der Waals surface area (Å²) in [4.78, 5) is -0.638. The maximum absolute atomic E-state index is 10.6. The molecule has 0 radical (unpaired) electrons. The molecule has 94 heavy (non-hydrogen) atoms. The molecule has 8 aromatic rings. The lowest BCUT2D eigenvalue weighted by Gasteiger charge is -2.08. The SMILES string of the molecule is C.C.C.C.C.C.C.C.C.C.CC.CC.Cc1ccc(S(=O)(=O)O)cc1.Cc1ccc(S(=O)(=O)[O-])cc1.Cc1cccc(S(=O)(=O)O)c1.Cc1cccc(S(=O)(=O)[O-])c1.Cc1ccccc1.Cc1ccccc1.Cc1ccccc1S(=O)(=O)O.Cc1ccccc1S(=O)(=O)[O-]. The fourth-order valence-electron chi connectivity index (χ4n) is 5.71. The van der Waals surface area contributed by atoms with Gasteiger partial charge in [0.05, 0.1) is 29.4 Å². The number of hydrogen-bond donors (Lipinski definition) is 3. The topological polar surface area (TPSA) is 335 Å². The maximum Gasteiger partial charge on any atom is 0.294 e. The summed E-state index contributed by atoms with van der Waals surface area (Å²) in [5.74, 6) is 0. The molecule has 24 heteroatoms. The summed E-state index contributed by atoms with van der Waals surface area (Å²) in [5.41, 5.74) is 7.14. The molecule has 0 aliphatic carbocycles. The molecule has 0 heterocycles. The van der Waals surface area contributed by atoms with E-state index in [1.807, 2.05) is 77.9 Å². The van der Waals surface area contributed by atoms with E-state index in [0.29, 0.717) is 11.1 Å². The summed E-state index contributed by atoms with van der Waals surface area (Å²) in [6.45, 7) is 22.5. The van der Waals surface area contributed by atoms with Crippen molar-refractivity contribution in [1.82, 2.24) is 0 Å². The van der Waals surface area contributed by atoms with Gasteiger partial charge in [-0.1, -0.05) is 270 Å². The molecule has 0 fully saturated rings. The van der Waals surface area contributed by atoms with Crippen molar-refractivity contribution in [3.05, 3.63) is 251 Å².